The first-order chi connectivity index (χ1) is 12.8. The van der Waals surface area contributed by atoms with Crippen molar-refractivity contribution in [2.75, 3.05) is 40.0 Å². The zero-order valence-corrected chi connectivity index (χ0v) is 14.9. The Bertz CT molecular complexity index is 772. The summed E-state index contributed by atoms with van der Waals surface area (Å²) in [5.41, 5.74) is 2.06. The number of ether oxygens (including phenoxy) is 2. The van der Waals surface area contributed by atoms with E-state index in [1.807, 2.05) is 27.8 Å². The topological polar surface area (TPSA) is 72.7 Å². The van der Waals surface area contributed by atoms with Crippen molar-refractivity contribution in [1.29, 1.82) is 0 Å². The van der Waals surface area contributed by atoms with Crippen LogP contribution >= 0.6 is 0 Å². The lowest BCUT2D eigenvalue weighted by Gasteiger charge is -2.37. The molecule has 0 saturated carbocycles. The van der Waals surface area contributed by atoms with E-state index >= 15 is 0 Å². The maximum Gasteiger partial charge on any atom is 0.248 e. The van der Waals surface area contributed by atoms with Crippen LogP contribution in [0.15, 0.2) is 30.6 Å². The van der Waals surface area contributed by atoms with Gasteiger partial charge in [0, 0.05) is 50.7 Å². The van der Waals surface area contributed by atoms with Gasteiger partial charge >= 0.3 is 0 Å². The normalized spacial score (nSPS) is 20.7. The molecule has 4 rings (SSSR count). The lowest BCUT2D eigenvalue weighted by atomic mass is 10.1. The van der Waals surface area contributed by atoms with Gasteiger partial charge in [-0.3, -0.25) is 14.4 Å². The highest BCUT2D eigenvalue weighted by atomic mass is 16.5. The second-order valence-corrected chi connectivity index (χ2v) is 6.56. The SMILES string of the molecule is COc1ncccc1CN1Cc2ccnn2[C@H](C(=O)N2CCOCC2)C1. The van der Waals surface area contributed by atoms with Crippen molar-refractivity contribution < 1.29 is 14.3 Å². The lowest BCUT2D eigenvalue weighted by Crippen LogP contribution is -2.49. The summed E-state index contributed by atoms with van der Waals surface area (Å²) < 4.78 is 12.6. The van der Waals surface area contributed by atoms with Crippen LogP contribution in [0.3, 0.4) is 0 Å². The number of amides is 1. The molecule has 26 heavy (non-hydrogen) atoms. The Labute approximate surface area is 152 Å². The van der Waals surface area contributed by atoms with E-state index in [1.54, 1.807) is 19.5 Å². The van der Waals surface area contributed by atoms with Crippen LogP contribution in [-0.2, 0) is 22.6 Å². The first-order valence-corrected chi connectivity index (χ1v) is 8.85. The number of morpholine rings is 1. The summed E-state index contributed by atoms with van der Waals surface area (Å²) in [7, 11) is 1.63. The van der Waals surface area contributed by atoms with E-state index < -0.39 is 0 Å². The summed E-state index contributed by atoms with van der Waals surface area (Å²) in [6, 6.07) is 5.58. The largest absolute Gasteiger partial charge is 0.481 e. The summed E-state index contributed by atoms with van der Waals surface area (Å²) in [4.78, 5) is 21.5. The van der Waals surface area contributed by atoms with Gasteiger partial charge in [-0.25, -0.2) is 4.98 Å². The van der Waals surface area contributed by atoms with Crippen LogP contribution in [0.1, 0.15) is 17.3 Å². The van der Waals surface area contributed by atoms with E-state index in [9.17, 15) is 4.79 Å². The van der Waals surface area contributed by atoms with Crippen molar-refractivity contribution in [1.82, 2.24) is 24.6 Å². The van der Waals surface area contributed by atoms with E-state index in [-0.39, 0.29) is 11.9 Å². The van der Waals surface area contributed by atoms with Crippen LogP contribution in [0.5, 0.6) is 5.88 Å². The number of pyridine rings is 1. The van der Waals surface area contributed by atoms with Crippen molar-refractivity contribution in [3.05, 3.63) is 41.9 Å². The van der Waals surface area contributed by atoms with Gasteiger partial charge in [-0.1, -0.05) is 6.07 Å². The molecule has 2 aromatic heterocycles. The molecule has 1 atom stereocenters. The summed E-state index contributed by atoms with van der Waals surface area (Å²) in [5.74, 6) is 0.740. The van der Waals surface area contributed by atoms with E-state index in [2.05, 4.69) is 15.0 Å². The molecule has 2 aliphatic heterocycles. The highest BCUT2D eigenvalue weighted by Crippen LogP contribution is 2.26. The average molecular weight is 357 g/mol. The van der Waals surface area contributed by atoms with Crippen molar-refractivity contribution >= 4 is 5.91 Å². The van der Waals surface area contributed by atoms with E-state index in [0.717, 1.165) is 17.8 Å². The molecule has 0 N–H and O–H groups in total. The molecule has 0 unspecified atom stereocenters. The van der Waals surface area contributed by atoms with Crippen LogP contribution < -0.4 is 4.74 Å². The second-order valence-electron chi connectivity index (χ2n) is 6.56. The summed E-state index contributed by atoms with van der Waals surface area (Å²) >= 11 is 0. The van der Waals surface area contributed by atoms with Gasteiger partial charge in [0.25, 0.3) is 0 Å². The fraction of sp³-hybridized carbons (Fsp3) is 0.500. The molecule has 1 saturated heterocycles. The fourth-order valence-corrected chi connectivity index (χ4v) is 3.63. The molecule has 0 aliphatic carbocycles. The third kappa shape index (κ3) is 3.30. The molecule has 138 valence electrons. The maximum atomic E-state index is 13.1. The molecule has 2 aromatic rings. The van der Waals surface area contributed by atoms with Crippen LogP contribution in [-0.4, -0.2) is 70.4 Å². The van der Waals surface area contributed by atoms with Crippen LogP contribution in [0, 0.1) is 0 Å². The van der Waals surface area contributed by atoms with Crippen LogP contribution in [0.2, 0.25) is 0 Å². The first kappa shape index (κ1) is 17.0. The standard InChI is InChI=1S/C18H23N5O3/c1-25-17-14(3-2-5-19-17)11-21-12-15-4-6-20-23(15)16(13-21)18(24)22-7-9-26-10-8-22/h2-6,16H,7-13H2,1H3/t16-/m0/s1. The van der Waals surface area contributed by atoms with Crippen LogP contribution in [0.25, 0.3) is 0 Å². The quantitative estimate of drug-likeness (QED) is 0.802. The number of nitrogens with zero attached hydrogens (tertiary/aromatic N) is 5. The number of hydrogen-bond acceptors (Lipinski definition) is 6. The van der Waals surface area contributed by atoms with E-state index in [1.165, 1.54) is 0 Å². The van der Waals surface area contributed by atoms with E-state index in [0.29, 0.717) is 45.3 Å². The third-order valence-electron chi connectivity index (χ3n) is 4.91. The van der Waals surface area contributed by atoms with Crippen molar-refractivity contribution in [3.8, 4) is 5.88 Å². The van der Waals surface area contributed by atoms with Gasteiger partial charge in [0.2, 0.25) is 11.8 Å². The average Bonchev–Trinajstić information content (AvgIpc) is 3.16. The molecule has 8 nitrogen and oxygen atoms in total. The summed E-state index contributed by atoms with van der Waals surface area (Å²) in [6.45, 7) is 4.51. The molecular formula is C18H23N5O3. The van der Waals surface area contributed by atoms with Gasteiger partial charge in [-0.2, -0.15) is 5.10 Å². The fourth-order valence-electron chi connectivity index (χ4n) is 3.63. The Morgan fingerprint density at radius 3 is 2.96 bits per heavy atom. The Kier molecular flexibility index (Phi) is 4.85. The first-order valence-electron chi connectivity index (χ1n) is 8.85. The van der Waals surface area contributed by atoms with Crippen molar-refractivity contribution in [3.63, 3.8) is 0 Å². The highest BCUT2D eigenvalue weighted by Gasteiger charge is 2.34. The molecule has 0 radical (unpaired) electrons. The van der Waals surface area contributed by atoms with Gasteiger partial charge in [0.1, 0.15) is 6.04 Å². The van der Waals surface area contributed by atoms with Crippen LogP contribution in [0.4, 0.5) is 0 Å². The zero-order valence-electron chi connectivity index (χ0n) is 14.9. The Hall–Kier alpha value is -2.45. The minimum absolute atomic E-state index is 0.112. The zero-order chi connectivity index (χ0) is 17.9. The Balaban J connectivity index is 1.55. The second kappa shape index (κ2) is 7.43. The molecule has 1 fully saturated rings. The number of fused-ring (bicyclic) bond motifs is 1. The van der Waals surface area contributed by atoms with Crippen molar-refractivity contribution in [2.45, 2.75) is 19.1 Å². The van der Waals surface area contributed by atoms with Crippen molar-refractivity contribution in [2.24, 2.45) is 0 Å². The molecule has 0 aromatic carbocycles. The van der Waals surface area contributed by atoms with E-state index in [4.69, 9.17) is 9.47 Å². The van der Waals surface area contributed by atoms with Gasteiger partial charge < -0.3 is 14.4 Å². The highest BCUT2D eigenvalue weighted by molar-refractivity contribution is 5.81. The number of carbonyl (C=O) groups excluding carboxylic acids is 1. The number of rotatable bonds is 4. The molecule has 0 bridgehead atoms. The molecule has 8 heteroatoms. The number of aromatic nitrogens is 3. The van der Waals surface area contributed by atoms with Gasteiger partial charge in [-0.05, 0) is 12.1 Å². The number of methoxy groups -OCH3 is 1. The third-order valence-corrected chi connectivity index (χ3v) is 4.91. The minimum Gasteiger partial charge on any atom is -0.481 e. The van der Waals surface area contributed by atoms with Gasteiger partial charge in [0.15, 0.2) is 0 Å². The molecule has 2 aliphatic rings. The van der Waals surface area contributed by atoms with Gasteiger partial charge in [0.05, 0.1) is 26.0 Å². The minimum atomic E-state index is -0.311. The molecule has 0 spiro atoms. The summed E-state index contributed by atoms with van der Waals surface area (Å²) in [5, 5.41) is 4.40. The lowest BCUT2D eigenvalue weighted by molar-refractivity contribution is -0.140. The Morgan fingerprint density at radius 1 is 1.31 bits per heavy atom. The maximum absolute atomic E-state index is 13.1. The predicted molar refractivity (Wildman–Crippen MR) is 93.6 cm³/mol. The number of carbonyl (C=O) groups is 1. The molecule has 1 amide bonds. The Morgan fingerprint density at radius 2 is 2.15 bits per heavy atom. The predicted octanol–water partition coefficient (Wildman–Crippen LogP) is 0.702. The summed E-state index contributed by atoms with van der Waals surface area (Å²) in [6.07, 6.45) is 3.49. The molecule has 4 heterocycles. The molecular weight excluding hydrogens is 334 g/mol. The number of hydrogen-bond donors (Lipinski definition) is 0. The monoisotopic (exact) mass is 357 g/mol. The van der Waals surface area contributed by atoms with Gasteiger partial charge in [-0.15, -0.1) is 0 Å². The smallest absolute Gasteiger partial charge is 0.248 e.